The Bertz CT molecular complexity index is 1420. The maximum Gasteiger partial charge on any atom is 0.110 e. The molecule has 4 aromatic carbocycles. The van der Waals surface area contributed by atoms with Crippen molar-refractivity contribution in [1.29, 1.82) is 0 Å². The number of hydrogen-bond acceptors (Lipinski definition) is 1. The van der Waals surface area contributed by atoms with E-state index in [1.54, 1.807) is 0 Å². The lowest BCUT2D eigenvalue weighted by Gasteiger charge is -2.34. The molecule has 0 N–H and O–H groups in total. The zero-order chi connectivity index (χ0) is 31.6. The topological polar surface area (TPSA) is 9.23 Å². The van der Waals surface area contributed by atoms with Gasteiger partial charge >= 0.3 is 0 Å². The number of ether oxygens (including phenoxy) is 1. The lowest BCUT2D eigenvalue weighted by Crippen LogP contribution is -2.21. The molecule has 0 bridgehead atoms. The second kappa shape index (κ2) is 13.6. The van der Waals surface area contributed by atoms with E-state index in [2.05, 4.69) is 144 Å². The van der Waals surface area contributed by atoms with Crippen LogP contribution in [0.1, 0.15) is 142 Å². The Kier molecular flexibility index (Phi) is 10.4. The highest BCUT2D eigenvalue weighted by molar-refractivity contribution is 5.53. The quantitative estimate of drug-likeness (QED) is 0.183. The largest absolute Gasteiger partial charge is 0.356 e. The van der Waals surface area contributed by atoms with Crippen molar-refractivity contribution in [2.24, 2.45) is 0 Å². The summed E-state index contributed by atoms with van der Waals surface area (Å²) >= 11 is 0. The summed E-state index contributed by atoms with van der Waals surface area (Å²) in [4.78, 5) is 0. The molecule has 228 valence electrons. The fourth-order valence-electron chi connectivity index (χ4n) is 6.85. The third-order valence-electron chi connectivity index (χ3n) is 10.5. The van der Waals surface area contributed by atoms with Crippen molar-refractivity contribution in [3.05, 3.63) is 139 Å². The van der Waals surface area contributed by atoms with Crippen LogP contribution in [-0.4, -0.2) is 0 Å². The molecular formula is C42H54O. The van der Waals surface area contributed by atoms with Crippen molar-refractivity contribution in [3.63, 3.8) is 0 Å². The molecule has 0 amide bonds. The van der Waals surface area contributed by atoms with Crippen LogP contribution in [0, 0.1) is 55.4 Å². The van der Waals surface area contributed by atoms with Crippen LogP contribution in [0.25, 0.3) is 0 Å². The minimum atomic E-state index is -0.210. The molecule has 4 rings (SSSR count). The molecule has 4 unspecified atom stereocenters. The minimum absolute atomic E-state index is 0.210. The SMILES string of the molecule is CCC(C)c1ccccc1C(OC(c1ccccc1C(C)CC)c1c(C)c(C)cc(C)c1C)c1c(C)c(C)cc(C)c1C. The van der Waals surface area contributed by atoms with Gasteiger partial charge in [0.2, 0.25) is 0 Å². The molecule has 1 nitrogen and oxygen atoms in total. The lowest BCUT2D eigenvalue weighted by atomic mass is 9.82. The van der Waals surface area contributed by atoms with E-state index in [1.807, 2.05) is 0 Å². The van der Waals surface area contributed by atoms with Gasteiger partial charge in [0.25, 0.3) is 0 Å². The third kappa shape index (κ3) is 6.39. The average molecular weight is 575 g/mol. The molecule has 0 aliphatic carbocycles. The molecule has 0 heterocycles. The molecule has 4 atom stereocenters. The van der Waals surface area contributed by atoms with Crippen LogP contribution in [-0.2, 0) is 4.74 Å². The van der Waals surface area contributed by atoms with Gasteiger partial charge in [0.15, 0.2) is 0 Å². The van der Waals surface area contributed by atoms with Gasteiger partial charge in [-0.15, -0.1) is 0 Å². The highest BCUT2D eigenvalue weighted by atomic mass is 16.5. The van der Waals surface area contributed by atoms with Crippen LogP contribution in [0.5, 0.6) is 0 Å². The van der Waals surface area contributed by atoms with Gasteiger partial charge in [-0.1, -0.05) is 88.4 Å². The molecule has 0 spiro atoms. The lowest BCUT2D eigenvalue weighted by molar-refractivity contribution is 0.0281. The zero-order valence-corrected chi connectivity index (χ0v) is 28.9. The molecule has 43 heavy (non-hydrogen) atoms. The smallest absolute Gasteiger partial charge is 0.110 e. The van der Waals surface area contributed by atoms with Gasteiger partial charge in [-0.2, -0.15) is 0 Å². The van der Waals surface area contributed by atoms with Crippen molar-refractivity contribution in [2.75, 3.05) is 0 Å². The maximum atomic E-state index is 7.81. The summed E-state index contributed by atoms with van der Waals surface area (Å²) in [5, 5.41) is 0. The second-order valence-electron chi connectivity index (χ2n) is 13.1. The van der Waals surface area contributed by atoms with Crippen LogP contribution in [0.15, 0.2) is 60.7 Å². The Labute approximate surface area is 262 Å². The Morgan fingerprint density at radius 2 is 0.744 bits per heavy atom. The van der Waals surface area contributed by atoms with Gasteiger partial charge in [0, 0.05) is 0 Å². The Morgan fingerprint density at radius 1 is 0.465 bits per heavy atom. The first-order valence-corrected chi connectivity index (χ1v) is 16.4. The normalized spacial score (nSPS) is 14.4. The van der Waals surface area contributed by atoms with Crippen LogP contribution in [0.3, 0.4) is 0 Å². The standard InChI is InChI=1S/C42H54O/c1-13-25(3)35-19-15-17-21-37(35)41(39-31(9)27(5)23-28(6)32(39)10)43-42(38-22-18-16-20-36(38)26(4)14-2)40-33(11)29(7)24-30(8)34(40)12/h15-26,41-42H,13-14H2,1-12H3. The summed E-state index contributed by atoms with van der Waals surface area (Å²) in [6.07, 6.45) is 1.76. The Balaban J connectivity index is 2.12. The Hall–Kier alpha value is -3.16. The van der Waals surface area contributed by atoms with Gasteiger partial charge in [-0.25, -0.2) is 0 Å². The average Bonchev–Trinajstić information content (AvgIpc) is 3.01. The predicted molar refractivity (Wildman–Crippen MR) is 186 cm³/mol. The number of rotatable bonds is 10. The van der Waals surface area contributed by atoms with Gasteiger partial charge in [-0.3, -0.25) is 0 Å². The maximum absolute atomic E-state index is 7.81. The van der Waals surface area contributed by atoms with E-state index in [4.69, 9.17) is 4.74 Å². The van der Waals surface area contributed by atoms with E-state index < -0.39 is 0 Å². The molecule has 4 aromatic rings. The molecule has 0 aromatic heterocycles. The number of benzene rings is 4. The van der Waals surface area contributed by atoms with E-state index in [0.29, 0.717) is 11.8 Å². The Morgan fingerprint density at radius 3 is 1.02 bits per heavy atom. The summed E-state index contributed by atoms with van der Waals surface area (Å²) in [7, 11) is 0. The summed E-state index contributed by atoms with van der Waals surface area (Å²) < 4.78 is 7.81. The van der Waals surface area contributed by atoms with Crippen LogP contribution >= 0.6 is 0 Å². The number of hydrogen-bond donors (Lipinski definition) is 0. The minimum Gasteiger partial charge on any atom is -0.356 e. The first kappa shape index (κ1) is 32.7. The van der Waals surface area contributed by atoms with Crippen LogP contribution in [0.4, 0.5) is 0 Å². The molecule has 0 radical (unpaired) electrons. The summed E-state index contributed by atoms with van der Waals surface area (Å²) in [6, 6.07) is 22.7. The molecule has 0 aliphatic heterocycles. The van der Waals surface area contributed by atoms with Crippen molar-refractivity contribution in [3.8, 4) is 0 Å². The van der Waals surface area contributed by atoms with Crippen molar-refractivity contribution >= 4 is 0 Å². The molecule has 0 aliphatic rings. The van der Waals surface area contributed by atoms with E-state index in [-0.39, 0.29) is 12.2 Å². The monoisotopic (exact) mass is 574 g/mol. The fourth-order valence-corrected chi connectivity index (χ4v) is 6.85. The van der Waals surface area contributed by atoms with Crippen molar-refractivity contribution in [1.82, 2.24) is 0 Å². The highest BCUT2D eigenvalue weighted by Gasteiger charge is 2.32. The second-order valence-corrected chi connectivity index (χ2v) is 13.1. The summed E-state index contributed by atoms with van der Waals surface area (Å²) in [5.74, 6) is 0.869. The zero-order valence-electron chi connectivity index (χ0n) is 28.9. The van der Waals surface area contributed by atoms with Gasteiger partial charge in [0.1, 0.15) is 12.2 Å². The summed E-state index contributed by atoms with van der Waals surface area (Å²) in [5.41, 5.74) is 18.6. The first-order chi connectivity index (χ1) is 20.4. The van der Waals surface area contributed by atoms with Crippen molar-refractivity contribution in [2.45, 2.75) is 120 Å². The van der Waals surface area contributed by atoms with E-state index in [0.717, 1.165) is 12.8 Å². The third-order valence-corrected chi connectivity index (χ3v) is 10.5. The molecule has 0 fully saturated rings. The molecule has 0 saturated heterocycles. The molecular weight excluding hydrogens is 520 g/mol. The van der Waals surface area contributed by atoms with E-state index >= 15 is 0 Å². The van der Waals surface area contributed by atoms with Crippen LogP contribution in [0.2, 0.25) is 0 Å². The fraction of sp³-hybridized carbons (Fsp3) is 0.429. The molecule has 0 saturated carbocycles. The first-order valence-electron chi connectivity index (χ1n) is 16.4. The highest BCUT2D eigenvalue weighted by Crippen LogP contribution is 2.45. The van der Waals surface area contributed by atoms with E-state index in [9.17, 15) is 0 Å². The van der Waals surface area contributed by atoms with Gasteiger partial charge in [0.05, 0.1) is 0 Å². The van der Waals surface area contributed by atoms with Crippen molar-refractivity contribution < 1.29 is 4.74 Å². The molecule has 1 heteroatoms. The summed E-state index contributed by atoms with van der Waals surface area (Å²) in [6.45, 7) is 27.4. The van der Waals surface area contributed by atoms with Crippen LogP contribution < -0.4 is 0 Å². The number of aryl methyl sites for hydroxylation is 4. The van der Waals surface area contributed by atoms with Gasteiger partial charge < -0.3 is 4.74 Å². The van der Waals surface area contributed by atoms with Gasteiger partial charge in [-0.05, 0) is 158 Å². The van der Waals surface area contributed by atoms with E-state index in [1.165, 1.54) is 77.9 Å². The predicted octanol–water partition coefficient (Wildman–Crippen LogP) is 12.1.